The summed E-state index contributed by atoms with van der Waals surface area (Å²) in [6.07, 6.45) is 0. The first-order valence-corrected chi connectivity index (χ1v) is 8.73. The van der Waals surface area contributed by atoms with Gasteiger partial charge in [0, 0.05) is 5.41 Å². The van der Waals surface area contributed by atoms with E-state index in [0.29, 0.717) is 0 Å². The van der Waals surface area contributed by atoms with Crippen LogP contribution in [0, 0.1) is 5.41 Å². The van der Waals surface area contributed by atoms with Gasteiger partial charge in [0.25, 0.3) is 10.1 Å². The number of carboxylic acids is 2. The van der Waals surface area contributed by atoms with E-state index in [1.807, 2.05) is 0 Å². The van der Waals surface area contributed by atoms with Crippen molar-refractivity contribution in [2.24, 2.45) is 5.41 Å². The van der Waals surface area contributed by atoms with Crippen LogP contribution in [0.1, 0.15) is 34.6 Å². The number of carbonyl (C=O) groups is 2. The fraction of sp³-hybridized carbons (Fsp3) is 0.467. The lowest BCUT2D eigenvalue weighted by Crippen LogP contribution is -2.20. The van der Waals surface area contributed by atoms with Crippen LogP contribution in [0.25, 0.3) is 0 Å². The Bertz CT molecular complexity index is 670. The molecule has 0 fully saturated rings. The number of aromatic carboxylic acids is 2. The van der Waals surface area contributed by atoms with Crippen molar-refractivity contribution in [2.75, 3.05) is 26.4 Å². The zero-order chi connectivity index (χ0) is 21.8. The van der Waals surface area contributed by atoms with Gasteiger partial charge in [-0.1, -0.05) is 19.9 Å². The molecule has 0 bridgehead atoms. The lowest BCUT2D eigenvalue weighted by Gasteiger charge is -2.16. The lowest BCUT2D eigenvalue weighted by atomic mass is 9.97. The second-order valence-corrected chi connectivity index (χ2v) is 7.05. The Morgan fingerprint density at radius 3 is 1.37 bits per heavy atom. The van der Waals surface area contributed by atoms with Gasteiger partial charge in [-0.05, 0) is 12.1 Å². The first kappa shape index (κ1) is 27.1. The van der Waals surface area contributed by atoms with Crippen molar-refractivity contribution in [3.8, 4) is 0 Å². The van der Waals surface area contributed by atoms with E-state index in [-0.39, 0.29) is 31.8 Å². The SMILES string of the molecule is CC(C)(CO)CO.O=C(O)c1cccc(C(=O)O)c1S(=O)(=O)O.OCCO. The van der Waals surface area contributed by atoms with Gasteiger partial charge in [0.2, 0.25) is 0 Å². The molecule has 0 aliphatic heterocycles. The Hall–Kier alpha value is -2.09. The molecule has 0 aliphatic carbocycles. The van der Waals surface area contributed by atoms with Crippen LogP contribution in [-0.4, -0.2) is 82.0 Å². The minimum atomic E-state index is -4.92. The first-order chi connectivity index (χ1) is 12.3. The van der Waals surface area contributed by atoms with E-state index in [9.17, 15) is 18.0 Å². The zero-order valence-electron chi connectivity index (χ0n) is 14.7. The van der Waals surface area contributed by atoms with Crippen molar-refractivity contribution in [1.82, 2.24) is 0 Å². The van der Waals surface area contributed by atoms with E-state index >= 15 is 0 Å². The summed E-state index contributed by atoms with van der Waals surface area (Å²) >= 11 is 0. The van der Waals surface area contributed by atoms with Crippen LogP contribution in [0.3, 0.4) is 0 Å². The summed E-state index contributed by atoms with van der Waals surface area (Å²) in [6.45, 7) is 3.44. The van der Waals surface area contributed by atoms with Gasteiger partial charge in [-0.3, -0.25) is 4.55 Å². The Kier molecular flexibility index (Phi) is 12.4. The number of rotatable bonds is 6. The third-order valence-corrected chi connectivity index (χ3v) is 3.65. The Morgan fingerprint density at radius 2 is 1.22 bits per heavy atom. The summed E-state index contributed by atoms with van der Waals surface area (Å²) in [6, 6.07) is 2.84. The maximum Gasteiger partial charge on any atom is 0.337 e. The molecule has 156 valence electrons. The second kappa shape index (κ2) is 12.3. The first-order valence-electron chi connectivity index (χ1n) is 7.29. The Labute approximate surface area is 155 Å². The molecule has 0 radical (unpaired) electrons. The predicted molar refractivity (Wildman–Crippen MR) is 92.3 cm³/mol. The molecule has 0 amide bonds. The molecule has 27 heavy (non-hydrogen) atoms. The van der Waals surface area contributed by atoms with Gasteiger partial charge in [0.15, 0.2) is 0 Å². The number of hydrogen-bond donors (Lipinski definition) is 7. The third-order valence-electron chi connectivity index (χ3n) is 2.69. The highest BCUT2D eigenvalue weighted by atomic mass is 32.2. The van der Waals surface area contributed by atoms with Crippen molar-refractivity contribution >= 4 is 22.1 Å². The lowest BCUT2D eigenvalue weighted by molar-refractivity contribution is 0.0688. The van der Waals surface area contributed by atoms with Gasteiger partial charge in [-0.15, -0.1) is 0 Å². The molecule has 1 rings (SSSR count). The summed E-state index contributed by atoms with van der Waals surface area (Å²) in [5.41, 5.74) is -1.88. The Balaban J connectivity index is 0. The van der Waals surface area contributed by atoms with Gasteiger partial charge in [0.05, 0.1) is 37.6 Å². The maximum atomic E-state index is 10.9. The third kappa shape index (κ3) is 10.6. The molecule has 0 atom stereocenters. The van der Waals surface area contributed by atoms with Gasteiger partial charge in [-0.2, -0.15) is 8.42 Å². The number of aliphatic hydroxyl groups is 4. The molecule has 0 aliphatic rings. The summed E-state index contributed by atoms with van der Waals surface area (Å²) < 4.78 is 30.6. The smallest absolute Gasteiger partial charge is 0.337 e. The van der Waals surface area contributed by atoms with Crippen LogP contribution in [0.15, 0.2) is 23.1 Å². The van der Waals surface area contributed by atoms with Crippen LogP contribution >= 0.6 is 0 Å². The second-order valence-electron chi connectivity index (χ2n) is 5.70. The molecule has 0 spiro atoms. The molecule has 0 saturated heterocycles. The van der Waals surface area contributed by atoms with E-state index in [2.05, 4.69) is 0 Å². The highest BCUT2D eigenvalue weighted by Crippen LogP contribution is 2.20. The quantitative estimate of drug-likeness (QED) is 0.290. The van der Waals surface area contributed by atoms with Gasteiger partial charge < -0.3 is 30.6 Å². The van der Waals surface area contributed by atoms with E-state index in [1.54, 1.807) is 13.8 Å². The predicted octanol–water partition coefficient (Wildman–Crippen LogP) is -0.702. The van der Waals surface area contributed by atoms with Crippen LogP contribution in [0.2, 0.25) is 0 Å². The topological polar surface area (TPSA) is 210 Å². The molecule has 12 heteroatoms. The largest absolute Gasteiger partial charge is 0.478 e. The molecule has 1 aromatic carbocycles. The molecular weight excluding hydrogens is 388 g/mol. The van der Waals surface area contributed by atoms with Crippen LogP contribution in [0.5, 0.6) is 0 Å². The van der Waals surface area contributed by atoms with E-state index in [0.717, 1.165) is 18.2 Å². The molecule has 0 unspecified atom stereocenters. The van der Waals surface area contributed by atoms with Crippen LogP contribution < -0.4 is 0 Å². The van der Waals surface area contributed by atoms with Gasteiger partial charge >= 0.3 is 11.9 Å². The summed E-state index contributed by atoms with van der Waals surface area (Å²) in [5, 5.41) is 49.5. The summed E-state index contributed by atoms with van der Waals surface area (Å²) in [5.74, 6) is -3.29. The van der Waals surface area contributed by atoms with E-state index in [1.165, 1.54) is 0 Å². The fourth-order valence-corrected chi connectivity index (χ4v) is 2.07. The standard InChI is InChI=1S/C8H6O7S.C5H12O2.C2H6O2/c9-7(10)4-2-1-3-5(8(11)12)6(4)16(13,14)15;1-5(2,3-6)4-7;3-1-2-4/h1-3H,(H,9,10)(H,11,12)(H,13,14,15);6-7H,3-4H2,1-2H3;3-4H,1-2H2. The zero-order valence-corrected chi connectivity index (χ0v) is 15.5. The molecule has 11 nitrogen and oxygen atoms in total. The van der Waals surface area contributed by atoms with Crippen molar-refractivity contribution in [1.29, 1.82) is 0 Å². The van der Waals surface area contributed by atoms with Crippen molar-refractivity contribution in [3.05, 3.63) is 29.3 Å². The number of benzene rings is 1. The van der Waals surface area contributed by atoms with Gasteiger partial charge in [-0.25, -0.2) is 9.59 Å². The minimum absolute atomic E-state index is 0.0451. The maximum absolute atomic E-state index is 10.9. The number of carboxylic acid groups (broad SMARTS) is 2. The van der Waals surface area contributed by atoms with Crippen molar-refractivity contribution in [2.45, 2.75) is 18.7 Å². The van der Waals surface area contributed by atoms with E-state index in [4.69, 9.17) is 35.2 Å². The highest BCUT2D eigenvalue weighted by Gasteiger charge is 2.27. The van der Waals surface area contributed by atoms with Crippen LogP contribution in [0.4, 0.5) is 0 Å². The van der Waals surface area contributed by atoms with Crippen molar-refractivity contribution < 1.29 is 53.2 Å². The number of hydrogen-bond acceptors (Lipinski definition) is 8. The summed E-state index contributed by atoms with van der Waals surface area (Å²) in [4.78, 5) is 20.2. The van der Waals surface area contributed by atoms with Gasteiger partial charge in [0.1, 0.15) is 4.90 Å². The van der Waals surface area contributed by atoms with Crippen LogP contribution in [-0.2, 0) is 10.1 Å². The van der Waals surface area contributed by atoms with Crippen molar-refractivity contribution in [3.63, 3.8) is 0 Å². The molecule has 0 heterocycles. The molecule has 0 saturated carbocycles. The molecular formula is C15H24O11S. The highest BCUT2D eigenvalue weighted by molar-refractivity contribution is 7.86. The monoisotopic (exact) mass is 412 g/mol. The molecule has 0 aromatic heterocycles. The van der Waals surface area contributed by atoms with E-state index < -0.39 is 38.1 Å². The molecule has 1 aromatic rings. The fourth-order valence-electron chi connectivity index (χ4n) is 1.20. The molecule has 7 N–H and O–H groups in total. The minimum Gasteiger partial charge on any atom is -0.478 e. The summed E-state index contributed by atoms with van der Waals surface area (Å²) in [7, 11) is -4.92. The number of aliphatic hydroxyl groups excluding tert-OH is 4. The Morgan fingerprint density at radius 1 is 0.889 bits per heavy atom. The normalized spacial score (nSPS) is 10.8. The average Bonchev–Trinajstić information content (AvgIpc) is 2.60. The average molecular weight is 412 g/mol.